The number of benzene rings is 1. The molecule has 4 nitrogen and oxygen atoms in total. The monoisotopic (exact) mass is 270 g/mol. The number of thioether (sulfide) groups is 1. The van der Waals surface area contributed by atoms with E-state index < -0.39 is 10.0 Å². The van der Waals surface area contributed by atoms with Crippen LogP contribution >= 0.6 is 11.8 Å². The van der Waals surface area contributed by atoms with Crippen LogP contribution in [-0.4, -0.2) is 32.3 Å². The van der Waals surface area contributed by atoms with Crippen LogP contribution in [0, 0.1) is 0 Å². The molecule has 6 heteroatoms. The molecule has 1 aliphatic rings. The smallest absolute Gasteiger partial charge is 0.263 e. The van der Waals surface area contributed by atoms with Gasteiger partial charge >= 0.3 is 0 Å². The minimum atomic E-state index is -3.40. The standard InChI is InChI=1S/C11H14N2O2S2/c1-8(7-16-2)12-11-9-5-3-4-6-10(9)17(14,15)13-11/h3-6,8H,7H2,1-2H3,(H,12,13). The van der Waals surface area contributed by atoms with Crippen LogP contribution < -0.4 is 4.72 Å². The SMILES string of the molecule is CSCC(C)N=C1NS(=O)(=O)c2ccccc21. The molecule has 0 aliphatic carbocycles. The summed E-state index contributed by atoms with van der Waals surface area (Å²) in [6.07, 6.45) is 2.00. The topological polar surface area (TPSA) is 58.5 Å². The molecule has 0 saturated heterocycles. The van der Waals surface area contributed by atoms with Crippen LogP contribution in [0.4, 0.5) is 0 Å². The first-order chi connectivity index (χ1) is 8.04. The molecule has 1 aromatic carbocycles. The molecule has 0 amide bonds. The van der Waals surface area contributed by atoms with Gasteiger partial charge in [-0.3, -0.25) is 9.71 Å². The van der Waals surface area contributed by atoms with E-state index in [-0.39, 0.29) is 6.04 Å². The predicted octanol–water partition coefficient (Wildman–Crippen LogP) is 1.48. The molecule has 0 spiro atoms. The zero-order valence-corrected chi connectivity index (χ0v) is 11.3. The molecule has 0 bridgehead atoms. The van der Waals surface area contributed by atoms with Crippen molar-refractivity contribution in [3.63, 3.8) is 0 Å². The number of nitrogens with zero attached hydrogens (tertiary/aromatic N) is 1. The first-order valence-corrected chi connectivity index (χ1v) is 8.11. The zero-order valence-electron chi connectivity index (χ0n) is 9.67. The first-order valence-electron chi connectivity index (χ1n) is 5.23. The minimum absolute atomic E-state index is 0.0915. The van der Waals surface area contributed by atoms with E-state index in [0.717, 1.165) is 5.75 Å². The van der Waals surface area contributed by atoms with Crippen molar-refractivity contribution in [1.82, 2.24) is 4.72 Å². The van der Waals surface area contributed by atoms with Gasteiger partial charge in [-0.25, -0.2) is 8.42 Å². The maximum absolute atomic E-state index is 11.8. The fraction of sp³-hybridized carbons (Fsp3) is 0.364. The molecule has 0 radical (unpaired) electrons. The van der Waals surface area contributed by atoms with Gasteiger partial charge in [-0.2, -0.15) is 11.8 Å². The quantitative estimate of drug-likeness (QED) is 0.905. The lowest BCUT2D eigenvalue weighted by molar-refractivity contribution is 0.595. The minimum Gasteiger partial charge on any atom is -0.263 e. The number of aliphatic imine (C=N–C) groups is 1. The van der Waals surface area contributed by atoms with Gasteiger partial charge in [0.15, 0.2) is 0 Å². The highest BCUT2D eigenvalue weighted by atomic mass is 32.2. The lowest BCUT2D eigenvalue weighted by atomic mass is 10.2. The van der Waals surface area contributed by atoms with Crippen molar-refractivity contribution < 1.29 is 8.42 Å². The van der Waals surface area contributed by atoms with Gasteiger partial charge in [-0.05, 0) is 25.3 Å². The Morgan fingerprint density at radius 2 is 2.12 bits per heavy atom. The van der Waals surface area contributed by atoms with Crippen molar-refractivity contribution >= 4 is 27.6 Å². The second-order valence-corrected chi connectivity index (χ2v) is 6.45. The average Bonchev–Trinajstić information content (AvgIpc) is 2.52. The van der Waals surface area contributed by atoms with E-state index in [0.29, 0.717) is 16.3 Å². The summed E-state index contributed by atoms with van der Waals surface area (Å²) in [6.45, 7) is 1.97. The lowest BCUT2D eigenvalue weighted by Crippen LogP contribution is -2.24. The van der Waals surface area contributed by atoms with Crippen LogP contribution in [0.1, 0.15) is 12.5 Å². The summed E-state index contributed by atoms with van der Waals surface area (Å²) in [6, 6.07) is 6.99. The molecule has 1 unspecified atom stereocenters. The Hall–Kier alpha value is -1.01. The van der Waals surface area contributed by atoms with Crippen LogP contribution in [0.25, 0.3) is 0 Å². The van der Waals surface area contributed by atoms with E-state index in [2.05, 4.69) is 9.71 Å². The number of fused-ring (bicyclic) bond motifs is 1. The molecule has 1 aliphatic heterocycles. The Morgan fingerprint density at radius 3 is 2.82 bits per heavy atom. The van der Waals surface area contributed by atoms with E-state index in [1.807, 2.05) is 19.2 Å². The van der Waals surface area contributed by atoms with Crippen molar-refractivity contribution in [2.24, 2.45) is 4.99 Å². The van der Waals surface area contributed by atoms with Crippen molar-refractivity contribution in [2.75, 3.05) is 12.0 Å². The van der Waals surface area contributed by atoms with Gasteiger partial charge in [0, 0.05) is 11.3 Å². The van der Waals surface area contributed by atoms with Crippen molar-refractivity contribution in [1.29, 1.82) is 0 Å². The van der Waals surface area contributed by atoms with Crippen molar-refractivity contribution in [2.45, 2.75) is 17.9 Å². The Bertz CT molecular complexity index is 552. The van der Waals surface area contributed by atoms with E-state index in [4.69, 9.17) is 0 Å². The second kappa shape index (κ2) is 4.70. The van der Waals surface area contributed by atoms with Crippen LogP contribution in [0.3, 0.4) is 0 Å². The number of rotatable bonds is 3. The number of sulfonamides is 1. The Morgan fingerprint density at radius 1 is 1.41 bits per heavy atom. The molecular weight excluding hydrogens is 256 g/mol. The first kappa shape index (κ1) is 12.4. The number of amidine groups is 1. The molecule has 1 atom stereocenters. The van der Waals surface area contributed by atoms with Crippen molar-refractivity contribution in [3.8, 4) is 0 Å². The summed E-state index contributed by atoms with van der Waals surface area (Å²) in [5, 5.41) is 0. The third kappa shape index (κ3) is 2.47. The van der Waals surface area contributed by atoms with Gasteiger partial charge in [0.2, 0.25) is 0 Å². The summed E-state index contributed by atoms with van der Waals surface area (Å²) < 4.78 is 26.1. The zero-order chi connectivity index (χ0) is 12.5. The molecule has 0 saturated carbocycles. The summed E-state index contributed by atoms with van der Waals surface area (Å²) >= 11 is 1.69. The predicted molar refractivity (Wildman–Crippen MR) is 71.1 cm³/mol. The molecule has 1 heterocycles. The van der Waals surface area contributed by atoms with Gasteiger partial charge in [0.05, 0.1) is 10.9 Å². The average molecular weight is 270 g/mol. The number of hydrogen-bond donors (Lipinski definition) is 1. The largest absolute Gasteiger partial charge is 0.263 e. The van der Waals surface area contributed by atoms with Gasteiger partial charge in [-0.15, -0.1) is 0 Å². The van der Waals surface area contributed by atoms with E-state index in [1.54, 1.807) is 30.0 Å². The van der Waals surface area contributed by atoms with Gasteiger partial charge < -0.3 is 0 Å². The highest BCUT2D eigenvalue weighted by Gasteiger charge is 2.30. The maximum atomic E-state index is 11.8. The molecule has 17 heavy (non-hydrogen) atoms. The third-order valence-corrected chi connectivity index (χ3v) is 4.63. The molecule has 1 aromatic rings. The van der Waals surface area contributed by atoms with E-state index in [9.17, 15) is 8.42 Å². The summed E-state index contributed by atoms with van der Waals surface area (Å²) in [7, 11) is -3.40. The van der Waals surface area contributed by atoms with Crippen LogP contribution in [0.2, 0.25) is 0 Å². The number of nitrogens with one attached hydrogen (secondary N) is 1. The number of hydrogen-bond acceptors (Lipinski definition) is 4. The summed E-state index contributed by atoms with van der Waals surface area (Å²) in [5.41, 5.74) is 0.667. The molecule has 92 valence electrons. The van der Waals surface area contributed by atoms with Crippen molar-refractivity contribution in [3.05, 3.63) is 29.8 Å². The molecule has 1 N–H and O–H groups in total. The highest BCUT2D eigenvalue weighted by molar-refractivity contribution is 7.98. The second-order valence-electron chi connectivity index (χ2n) is 3.88. The summed E-state index contributed by atoms with van der Waals surface area (Å²) in [5.74, 6) is 1.33. The maximum Gasteiger partial charge on any atom is 0.263 e. The van der Waals surface area contributed by atoms with Gasteiger partial charge in [0.1, 0.15) is 5.84 Å². The van der Waals surface area contributed by atoms with Gasteiger partial charge in [0.25, 0.3) is 10.0 Å². The Kier molecular flexibility index (Phi) is 3.44. The normalized spacial score (nSPS) is 20.9. The van der Waals surface area contributed by atoms with Crippen LogP contribution in [0.5, 0.6) is 0 Å². The summed E-state index contributed by atoms with van der Waals surface area (Å²) in [4.78, 5) is 4.72. The lowest BCUT2D eigenvalue weighted by Gasteiger charge is -2.05. The highest BCUT2D eigenvalue weighted by Crippen LogP contribution is 2.22. The molecule has 0 aromatic heterocycles. The molecule has 0 fully saturated rings. The molecule has 2 rings (SSSR count). The van der Waals surface area contributed by atoms with E-state index >= 15 is 0 Å². The van der Waals surface area contributed by atoms with Gasteiger partial charge in [-0.1, -0.05) is 12.1 Å². The third-order valence-electron chi connectivity index (χ3n) is 2.42. The fourth-order valence-electron chi connectivity index (χ4n) is 1.73. The van der Waals surface area contributed by atoms with E-state index in [1.165, 1.54) is 0 Å². The molecular formula is C11H14N2O2S2. The fourth-order valence-corrected chi connectivity index (χ4v) is 3.52. The Labute approximate surface area is 106 Å². The van der Waals surface area contributed by atoms with Crippen LogP contribution in [-0.2, 0) is 10.0 Å². The van der Waals surface area contributed by atoms with Crippen LogP contribution in [0.15, 0.2) is 34.2 Å². The Balaban J connectivity index is 2.42.